The number of nitrogens with zero attached hydrogens (tertiary/aromatic N) is 4. The molecule has 48 heavy (non-hydrogen) atoms. The van der Waals surface area contributed by atoms with Gasteiger partial charge in [0.2, 0.25) is 0 Å². The Bertz CT molecular complexity index is 2140. The Morgan fingerprint density at radius 1 is 0.875 bits per heavy atom. The number of fused-ring (bicyclic) bond motifs is 3. The van der Waals surface area contributed by atoms with Crippen LogP contribution in [0.15, 0.2) is 78.5 Å². The summed E-state index contributed by atoms with van der Waals surface area (Å²) in [5, 5.41) is 7.53. The fourth-order valence-corrected chi connectivity index (χ4v) is 7.87. The maximum Gasteiger partial charge on any atom is 2.00 e. The first-order valence-electron chi connectivity index (χ1n) is 17.2. The van der Waals surface area contributed by atoms with Gasteiger partial charge in [-0.15, -0.1) is 35.7 Å². The monoisotopic (exact) mass is 815 g/mol. The predicted octanol–water partition coefficient (Wildman–Crippen LogP) is 10.5. The number of hydrogen-bond donors (Lipinski definition) is 0. The van der Waals surface area contributed by atoms with Crippen LogP contribution in [0.1, 0.15) is 82.0 Å². The summed E-state index contributed by atoms with van der Waals surface area (Å²) in [6, 6.07) is 28.2. The van der Waals surface area contributed by atoms with Gasteiger partial charge in [-0.25, -0.2) is 4.98 Å². The molecule has 0 saturated carbocycles. The minimum absolute atomic E-state index is 0. The van der Waals surface area contributed by atoms with E-state index in [4.69, 9.17) is 14.8 Å². The zero-order valence-electron chi connectivity index (χ0n) is 29.0. The van der Waals surface area contributed by atoms with E-state index < -0.39 is 0 Å². The topological polar surface area (TPSA) is 44.9 Å². The zero-order chi connectivity index (χ0) is 32.8. The van der Waals surface area contributed by atoms with Crippen molar-refractivity contribution >= 4 is 21.8 Å². The van der Waals surface area contributed by atoms with Crippen LogP contribution in [0.5, 0.6) is 11.5 Å². The Balaban J connectivity index is 0.00000401. The molecule has 0 amide bonds. The maximum atomic E-state index is 6.61. The molecule has 3 heterocycles. The summed E-state index contributed by atoms with van der Waals surface area (Å²) in [4.78, 5) is 4.73. The molecule has 0 radical (unpaired) electrons. The normalized spacial score (nSPS) is 17.8. The minimum Gasteiger partial charge on any atom is -0.509 e. The van der Waals surface area contributed by atoms with Crippen LogP contribution in [0, 0.1) is 30.9 Å². The summed E-state index contributed by atoms with van der Waals surface area (Å²) in [5.74, 6) is 3.76. The summed E-state index contributed by atoms with van der Waals surface area (Å²) in [6.45, 7) is 15.8. The molecule has 6 heteroatoms. The molecule has 1 aliphatic rings. The van der Waals surface area contributed by atoms with Gasteiger partial charge in [-0.05, 0) is 79.8 Å². The Morgan fingerprint density at radius 3 is 2.42 bits per heavy atom. The second-order valence-electron chi connectivity index (χ2n) is 13.3. The minimum atomic E-state index is 0. The van der Waals surface area contributed by atoms with E-state index in [0.29, 0.717) is 29.3 Å². The van der Waals surface area contributed by atoms with E-state index in [2.05, 4.69) is 124 Å². The molecule has 1 unspecified atom stereocenters. The quantitative estimate of drug-likeness (QED) is 0.114. The van der Waals surface area contributed by atoms with Gasteiger partial charge in [-0.3, -0.25) is 4.68 Å². The molecule has 3 atom stereocenters. The molecule has 0 saturated heterocycles. The summed E-state index contributed by atoms with van der Waals surface area (Å²) in [6.07, 6.45) is 8.21. The van der Waals surface area contributed by atoms with Crippen LogP contribution in [0.25, 0.3) is 33.3 Å². The van der Waals surface area contributed by atoms with E-state index in [1.54, 1.807) is 0 Å². The Kier molecular flexibility index (Phi) is 9.81. The third-order valence-corrected chi connectivity index (χ3v) is 9.86. The van der Waals surface area contributed by atoms with Crippen LogP contribution in [0.3, 0.4) is 0 Å². The molecule has 0 spiro atoms. The smallest absolute Gasteiger partial charge is 0.509 e. The molecule has 3 aromatic carbocycles. The van der Waals surface area contributed by atoms with Crippen LogP contribution in [-0.4, -0.2) is 19.3 Å². The molecule has 3 aromatic heterocycles. The van der Waals surface area contributed by atoms with Gasteiger partial charge in [-0.1, -0.05) is 76.4 Å². The Hall–Kier alpha value is -3.95. The molecular weight excluding hydrogens is 772 g/mol. The number of rotatable bonds is 8. The van der Waals surface area contributed by atoms with Crippen molar-refractivity contribution in [3.05, 3.63) is 119 Å². The number of benzene rings is 3. The predicted molar refractivity (Wildman–Crippen MR) is 192 cm³/mol. The van der Waals surface area contributed by atoms with Gasteiger partial charge in [0.25, 0.3) is 0 Å². The SMILES string of the molecule is CCc1cc(Oc2[c-]c3c(cc2)c2ccccc2n3-c2cc(C)ccn2)[c-]c(-n2nc(CC)c(C3C(C)=C[C@H](C)C[C@@H]3C)c2CC)c1.[Pt+2]. The van der Waals surface area contributed by atoms with E-state index in [9.17, 15) is 0 Å². The fourth-order valence-electron chi connectivity index (χ4n) is 7.87. The average molecular weight is 816 g/mol. The van der Waals surface area contributed by atoms with E-state index >= 15 is 0 Å². The van der Waals surface area contributed by atoms with Gasteiger partial charge in [0, 0.05) is 40.4 Å². The van der Waals surface area contributed by atoms with Crippen LogP contribution in [-0.2, 0) is 40.3 Å². The number of para-hydroxylation sites is 1. The van der Waals surface area contributed by atoms with Crippen LogP contribution < -0.4 is 4.74 Å². The standard InChI is InChI=1S/C42H44N4O.Pt/c1-8-30-22-31(46-37(10-3)42(36(9-2)44-46)41-28(6)19-27(5)20-29(41)7)24-33(23-30)47-32-15-16-35-34-13-11-12-14-38(34)45(39(35)25-32)40-21-26(4)17-18-43-40;/h11-19,21-23,27,29,41H,8-10,20H2,1-7H3;/q-2;+2/t27-,29-,41?;/m0./s1. The summed E-state index contributed by atoms with van der Waals surface area (Å²) >= 11 is 0. The van der Waals surface area contributed by atoms with Crippen molar-refractivity contribution in [2.75, 3.05) is 0 Å². The van der Waals surface area contributed by atoms with Crippen LogP contribution in [0.2, 0.25) is 0 Å². The first kappa shape index (κ1) is 33.9. The van der Waals surface area contributed by atoms with Gasteiger partial charge in [0.15, 0.2) is 0 Å². The second-order valence-corrected chi connectivity index (χ2v) is 13.3. The summed E-state index contributed by atoms with van der Waals surface area (Å²) < 4.78 is 10.9. The zero-order valence-corrected chi connectivity index (χ0v) is 31.3. The van der Waals surface area contributed by atoms with Crippen LogP contribution >= 0.6 is 0 Å². The molecular formula is C42H44N4OPt. The van der Waals surface area contributed by atoms with Crippen molar-refractivity contribution in [3.8, 4) is 23.0 Å². The molecule has 6 aromatic rings. The first-order chi connectivity index (χ1) is 22.8. The second kappa shape index (κ2) is 13.9. The van der Waals surface area contributed by atoms with Crippen molar-refractivity contribution in [3.63, 3.8) is 0 Å². The van der Waals surface area contributed by atoms with Crippen molar-refractivity contribution in [1.29, 1.82) is 0 Å². The number of allylic oxidation sites excluding steroid dienone is 2. The third-order valence-electron chi connectivity index (χ3n) is 9.86. The van der Waals surface area contributed by atoms with Gasteiger partial charge < -0.3 is 9.30 Å². The number of ether oxygens (including phenoxy) is 1. The van der Waals surface area contributed by atoms with E-state index in [0.717, 1.165) is 58.1 Å². The van der Waals surface area contributed by atoms with E-state index in [1.807, 2.05) is 18.3 Å². The molecule has 0 aliphatic heterocycles. The van der Waals surface area contributed by atoms with Crippen molar-refractivity contribution in [1.82, 2.24) is 19.3 Å². The van der Waals surface area contributed by atoms with E-state index in [1.165, 1.54) is 34.5 Å². The number of aryl methyl sites for hydroxylation is 3. The largest absolute Gasteiger partial charge is 2.00 e. The van der Waals surface area contributed by atoms with Crippen LogP contribution in [0.4, 0.5) is 0 Å². The molecule has 5 nitrogen and oxygen atoms in total. The van der Waals surface area contributed by atoms with Crippen molar-refractivity contribution in [2.45, 2.75) is 80.1 Å². The van der Waals surface area contributed by atoms with Gasteiger partial charge >= 0.3 is 21.1 Å². The maximum absolute atomic E-state index is 6.61. The van der Waals surface area contributed by atoms with Crippen molar-refractivity contribution < 1.29 is 25.8 Å². The third kappa shape index (κ3) is 6.07. The molecule has 248 valence electrons. The molecule has 0 bridgehead atoms. The molecule has 0 fully saturated rings. The van der Waals surface area contributed by atoms with E-state index in [-0.39, 0.29) is 21.1 Å². The Labute approximate surface area is 299 Å². The molecule has 7 rings (SSSR count). The average Bonchev–Trinajstić information content (AvgIpc) is 3.59. The van der Waals surface area contributed by atoms with Gasteiger partial charge in [0.1, 0.15) is 5.82 Å². The fraction of sp³-hybridized carbons (Fsp3) is 0.333. The summed E-state index contributed by atoms with van der Waals surface area (Å²) in [7, 11) is 0. The first-order valence-corrected chi connectivity index (χ1v) is 17.2. The molecule has 1 aliphatic carbocycles. The molecule has 0 N–H and O–H groups in total. The number of hydrogen-bond acceptors (Lipinski definition) is 3. The van der Waals surface area contributed by atoms with Gasteiger partial charge in [-0.2, -0.15) is 16.7 Å². The number of pyridine rings is 1. The van der Waals surface area contributed by atoms with Gasteiger partial charge in [0.05, 0.1) is 5.69 Å². The summed E-state index contributed by atoms with van der Waals surface area (Å²) in [5.41, 5.74) is 10.6. The Morgan fingerprint density at radius 2 is 1.69 bits per heavy atom. The van der Waals surface area contributed by atoms with Crippen molar-refractivity contribution in [2.24, 2.45) is 11.8 Å². The number of aromatic nitrogens is 4.